The molecule has 2 aliphatic rings. The van der Waals surface area contributed by atoms with Crippen molar-refractivity contribution in [2.75, 3.05) is 14.2 Å². The molecule has 8 heteroatoms. The van der Waals surface area contributed by atoms with E-state index in [4.69, 9.17) is 21.1 Å². The van der Waals surface area contributed by atoms with Gasteiger partial charge in [-0.1, -0.05) is 17.7 Å². The number of nitro groups is 1. The molecule has 0 aromatic heterocycles. The van der Waals surface area contributed by atoms with Gasteiger partial charge in [-0.25, -0.2) is 0 Å². The van der Waals surface area contributed by atoms with Crippen molar-refractivity contribution in [1.82, 2.24) is 5.32 Å². The van der Waals surface area contributed by atoms with Crippen molar-refractivity contribution in [3.8, 4) is 11.5 Å². The molecule has 28 heavy (non-hydrogen) atoms. The van der Waals surface area contributed by atoms with Crippen molar-refractivity contribution >= 4 is 23.2 Å². The largest absolute Gasteiger partial charge is 0.493 e. The first-order valence-corrected chi connectivity index (χ1v) is 9.31. The predicted molar refractivity (Wildman–Crippen MR) is 103 cm³/mol. The maximum atomic E-state index is 12.1. The van der Waals surface area contributed by atoms with Crippen LogP contribution in [0.25, 0.3) is 0 Å². The maximum Gasteiger partial charge on any atom is 0.288 e. The lowest BCUT2D eigenvalue weighted by atomic mass is 9.80. The van der Waals surface area contributed by atoms with Crippen LogP contribution in [0.1, 0.15) is 41.5 Å². The number of fused-ring (bicyclic) bond motifs is 3. The molecule has 3 unspecified atom stereocenters. The summed E-state index contributed by atoms with van der Waals surface area (Å²) in [4.78, 5) is 22.9. The lowest BCUT2D eigenvalue weighted by Crippen LogP contribution is -2.37. The summed E-state index contributed by atoms with van der Waals surface area (Å²) in [6.45, 7) is 0. The van der Waals surface area contributed by atoms with Crippen molar-refractivity contribution in [2.45, 2.75) is 24.8 Å². The average molecular weight is 403 g/mol. The van der Waals surface area contributed by atoms with E-state index in [2.05, 4.69) is 5.32 Å². The Morgan fingerprint density at radius 3 is 2.46 bits per heavy atom. The molecule has 1 saturated heterocycles. The van der Waals surface area contributed by atoms with Gasteiger partial charge in [0.15, 0.2) is 11.5 Å². The molecule has 146 valence electrons. The molecule has 1 aliphatic carbocycles. The number of ether oxygens (including phenoxy) is 2. The summed E-state index contributed by atoms with van der Waals surface area (Å²) in [7, 11) is 3.13. The van der Waals surface area contributed by atoms with Gasteiger partial charge in [0.05, 0.1) is 25.2 Å². The Balaban J connectivity index is 1.90. The molecule has 2 aromatic carbocycles. The molecule has 2 aromatic rings. The first kappa shape index (κ1) is 18.6. The fraction of sp³-hybridized carbons (Fsp3) is 0.350. The molecular weight excluding hydrogens is 384 g/mol. The van der Waals surface area contributed by atoms with Crippen LogP contribution >= 0.6 is 11.6 Å². The molecule has 7 nitrogen and oxygen atoms in total. The molecule has 0 spiro atoms. The Bertz CT molecular complexity index is 977. The van der Waals surface area contributed by atoms with E-state index < -0.39 is 4.92 Å². The lowest BCUT2D eigenvalue weighted by Gasteiger charge is -2.30. The Morgan fingerprint density at radius 1 is 1.14 bits per heavy atom. The van der Waals surface area contributed by atoms with Crippen molar-refractivity contribution in [2.24, 2.45) is 5.92 Å². The average Bonchev–Trinajstić information content (AvgIpc) is 2.99. The molecule has 1 aliphatic heterocycles. The third-order valence-electron chi connectivity index (χ3n) is 5.66. The number of halogens is 1. The highest BCUT2D eigenvalue weighted by Crippen LogP contribution is 2.54. The van der Waals surface area contributed by atoms with Gasteiger partial charge in [0.2, 0.25) is 5.91 Å². The highest BCUT2D eigenvalue weighted by molar-refractivity contribution is 6.32. The Labute approximate surface area is 166 Å². The smallest absolute Gasteiger partial charge is 0.288 e. The second kappa shape index (κ2) is 6.98. The number of carbonyl (C=O) groups excluding carboxylic acids is 1. The first-order chi connectivity index (χ1) is 13.4. The number of methoxy groups -OCH3 is 2. The quantitative estimate of drug-likeness (QED) is 0.617. The lowest BCUT2D eigenvalue weighted by molar-refractivity contribution is -0.384. The number of rotatable bonds is 4. The molecular formula is C20H19ClN2O5. The van der Waals surface area contributed by atoms with Gasteiger partial charge in [-0.15, -0.1) is 0 Å². The molecule has 1 fully saturated rings. The van der Waals surface area contributed by atoms with Crippen molar-refractivity contribution in [1.29, 1.82) is 0 Å². The monoisotopic (exact) mass is 402 g/mol. The zero-order valence-electron chi connectivity index (χ0n) is 15.4. The molecule has 3 atom stereocenters. The van der Waals surface area contributed by atoms with E-state index in [1.54, 1.807) is 20.3 Å². The van der Waals surface area contributed by atoms with Gasteiger partial charge in [-0.05, 0) is 47.2 Å². The van der Waals surface area contributed by atoms with Gasteiger partial charge in [-0.3, -0.25) is 14.9 Å². The summed E-state index contributed by atoms with van der Waals surface area (Å²) in [5.74, 6) is 1.15. The molecule has 1 N–H and O–H groups in total. The third kappa shape index (κ3) is 2.86. The second-order valence-corrected chi connectivity index (χ2v) is 7.44. The molecule has 0 bridgehead atoms. The minimum atomic E-state index is -0.476. The summed E-state index contributed by atoms with van der Waals surface area (Å²) >= 11 is 6.01. The summed E-state index contributed by atoms with van der Waals surface area (Å²) < 4.78 is 10.9. The summed E-state index contributed by atoms with van der Waals surface area (Å²) in [5, 5.41) is 14.6. The molecule has 4 rings (SSSR count). The highest BCUT2D eigenvalue weighted by Gasteiger charge is 2.45. The normalized spacial score (nSPS) is 22.8. The fourth-order valence-electron chi connectivity index (χ4n) is 4.45. The number of amides is 1. The van der Waals surface area contributed by atoms with Gasteiger partial charge in [0.1, 0.15) is 5.02 Å². The topological polar surface area (TPSA) is 90.7 Å². The van der Waals surface area contributed by atoms with Crippen molar-refractivity contribution < 1.29 is 19.2 Å². The summed E-state index contributed by atoms with van der Waals surface area (Å²) in [5.41, 5.74) is 2.61. The van der Waals surface area contributed by atoms with Crippen molar-refractivity contribution in [3.63, 3.8) is 0 Å². The second-order valence-electron chi connectivity index (χ2n) is 7.03. The van der Waals surface area contributed by atoms with Crippen molar-refractivity contribution in [3.05, 3.63) is 62.2 Å². The molecule has 0 saturated carbocycles. The standard InChI is InChI=1S/C20H19ClN2O5/c1-27-16-8-12-13(9-17(16)28-2)20-11(4-6-18(24)22-20)19(12)10-3-5-14(21)15(7-10)23(25)26/h3,5,7-9,11,19-20H,4,6H2,1-2H3,(H,22,24). The van der Waals surface area contributed by atoms with Gasteiger partial charge in [0.25, 0.3) is 5.69 Å². The molecule has 1 amide bonds. The van der Waals surface area contributed by atoms with Gasteiger partial charge in [0, 0.05) is 18.4 Å². The van der Waals surface area contributed by atoms with E-state index in [-0.39, 0.29) is 34.5 Å². The van der Waals surface area contributed by atoms with E-state index >= 15 is 0 Å². The number of hydrogen-bond acceptors (Lipinski definition) is 5. The number of benzene rings is 2. The number of nitrogens with zero attached hydrogens (tertiary/aromatic N) is 1. The highest BCUT2D eigenvalue weighted by atomic mass is 35.5. The minimum absolute atomic E-state index is 0.00437. The summed E-state index contributed by atoms with van der Waals surface area (Å²) in [6.07, 6.45) is 1.12. The van der Waals surface area contributed by atoms with Crippen LogP contribution in [0, 0.1) is 16.0 Å². The van der Waals surface area contributed by atoms with Crippen LogP contribution < -0.4 is 14.8 Å². The van der Waals surface area contributed by atoms with Crippen LogP contribution in [-0.4, -0.2) is 25.1 Å². The number of hydrogen-bond donors (Lipinski definition) is 1. The number of nitrogens with one attached hydrogen (secondary N) is 1. The minimum Gasteiger partial charge on any atom is -0.493 e. The third-order valence-corrected chi connectivity index (χ3v) is 5.98. The van der Waals surface area contributed by atoms with E-state index in [1.807, 2.05) is 18.2 Å². The molecule has 1 heterocycles. The van der Waals surface area contributed by atoms with E-state index in [0.29, 0.717) is 24.3 Å². The van der Waals surface area contributed by atoms with Gasteiger partial charge < -0.3 is 14.8 Å². The Morgan fingerprint density at radius 2 is 1.82 bits per heavy atom. The summed E-state index contributed by atoms with van der Waals surface area (Å²) in [6, 6.07) is 8.54. The first-order valence-electron chi connectivity index (χ1n) is 8.93. The van der Waals surface area contributed by atoms with E-state index in [1.165, 1.54) is 6.07 Å². The maximum absolute atomic E-state index is 12.1. The van der Waals surface area contributed by atoms with Crippen LogP contribution in [0.5, 0.6) is 11.5 Å². The molecule has 0 radical (unpaired) electrons. The predicted octanol–water partition coefficient (Wildman–Crippen LogP) is 3.98. The fourth-order valence-corrected chi connectivity index (χ4v) is 4.64. The van der Waals surface area contributed by atoms with Gasteiger partial charge >= 0.3 is 0 Å². The van der Waals surface area contributed by atoms with Crippen LogP contribution in [0.2, 0.25) is 5.02 Å². The van der Waals surface area contributed by atoms with Crippen LogP contribution in [0.15, 0.2) is 30.3 Å². The van der Waals surface area contributed by atoms with Crippen LogP contribution in [0.3, 0.4) is 0 Å². The van der Waals surface area contributed by atoms with Gasteiger partial charge in [-0.2, -0.15) is 0 Å². The Kier molecular flexibility index (Phi) is 4.63. The van der Waals surface area contributed by atoms with E-state index in [9.17, 15) is 14.9 Å². The number of piperidine rings is 1. The van der Waals surface area contributed by atoms with E-state index in [0.717, 1.165) is 16.7 Å². The zero-order valence-corrected chi connectivity index (χ0v) is 16.2. The van der Waals surface area contributed by atoms with Crippen LogP contribution in [-0.2, 0) is 4.79 Å². The number of carbonyl (C=O) groups is 1. The number of nitro benzene ring substituents is 1. The zero-order chi connectivity index (χ0) is 20.0. The Hall–Kier alpha value is -2.80. The van der Waals surface area contributed by atoms with Crippen LogP contribution in [0.4, 0.5) is 5.69 Å². The SMILES string of the molecule is COc1cc2c(cc1OC)C(c1ccc(Cl)c([N+](=O)[O-])c1)C1CCC(=O)NC21.